The van der Waals surface area contributed by atoms with Gasteiger partial charge >= 0.3 is 0 Å². The Morgan fingerprint density at radius 3 is 1.75 bits per heavy atom. The highest BCUT2D eigenvalue weighted by Crippen LogP contribution is 2.29. The molecule has 0 N–H and O–H groups in total. The van der Waals surface area contributed by atoms with Crippen molar-refractivity contribution in [3.05, 3.63) is 6.42 Å². The van der Waals surface area contributed by atoms with E-state index in [0.717, 1.165) is 0 Å². The van der Waals surface area contributed by atoms with E-state index < -0.39 is 0 Å². The van der Waals surface area contributed by atoms with E-state index in [0.29, 0.717) is 10.8 Å². The van der Waals surface area contributed by atoms with Crippen LogP contribution in [0, 0.1) is 17.3 Å². The fourth-order valence-corrected chi connectivity index (χ4v) is 1.04. The smallest absolute Gasteiger partial charge is 0.0354 e. The first-order chi connectivity index (χ1) is 5.27. The normalized spacial score (nSPS) is 13.5. The van der Waals surface area contributed by atoms with Crippen LogP contribution in [0.5, 0.6) is 0 Å². The Hall–Kier alpha value is 0. The highest BCUT2D eigenvalue weighted by atomic mass is 14.2. The zero-order chi connectivity index (χ0) is 9.83. The molecular formula is C12H25. The lowest BCUT2D eigenvalue weighted by atomic mass is 9.81. The monoisotopic (exact) mass is 169 g/mol. The Morgan fingerprint density at radius 1 is 0.917 bits per heavy atom. The van der Waals surface area contributed by atoms with Gasteiger partial charge in [0.2, 0.25) is 0 Å². The molecule has 73 valence electrons. The predicted molar refractivity (Wildman–Crippen MR) is 57.1 cm³/mol. The van der Waals surface area contributed by atoms with E-state index in [-0.39, 0.29) is 0 Å². The highest BCUT2D eigenvalue weighted by molar-refractivity contribution is 4.80. The van der Waals surface area contributed by atoms with Gasteiger partial charge in [0, 0.05) is 0 Å². The second-order valence-corrected chi connectivity index (χ2v) is 5.78. The number of hydrogen-bond acceptors (Lipinski definition) is 0. The van der Waals surface area contributed by atoms with Crippen LogP contribution in [0.3, 0.4) is 0 Å². The van der Waals surface area contributed by atoms with Gasteiger partial charge in [-0.2, -0.15) is 0 Å². The molecular weight excluding hydrogens is 144 g/mol. The predicted octanol–water partition coefficient (Wildman–Crippen LogP) is 4.45. The van der Waals surface area contributed by atoms with Gasteiger partial charge in [-0.1, -0.05) is 48.0 Å². The summed E-state index contributed by atoms with van der Waals surface area (Å²) in [5.74, 6) is 0. The van der Waals surface area contributed by atoms with E-state index in [1.54, 1.807) is 0 Å². The van der Waals surface area contributed by atoms with Crippen LogP contribution in [-0.2, 0) is 0 Å². The molecule has 0 saturated carbocycles. The molecule has 0 rings (SSSR count). The summed E-state index contributed by atoms with van der Waals surface area (Å²) in [5, 5.41) is 0. The molecule has 0 unspecified atom stereocenters. The molecule has 1 radical (unpaired) electrons. The van der Waals surface area contributed by atoms with Crippen molar-refractivity contribution in [3.8, 4) is 0 Å². The fourth-order valence-electron chi connectivity index (χ4n) is 1.04. The highest BCUT2D eigenvalue weighted by Gasteiger charge is 2.17. The first kappa shape index (κ1) is 12.0. The second-order valence-electron chi connectivity index (χ2n) is 5.78. The topological polar surface area (TPSA) is 0 Å². The van der Waals surface area contributed by atoms with Gasteiger partial charge in [0.1, 0.15) is 0 Å². The molecule has 0 aromatic heterocycles. The molecule has 0 spiro atoms. The van der Waals surface area contributed by atoms with Crippen LogP contribution in [0.2, 0.25) is 0 Å². The molecule has 0 aromatic rings. The van der Waals surface area contributed by atoms with Gasteiger partial charge in [-0.15, -0.1) is 0 Å². The zero-order valence-electron chi connectivity index (χ0n) is 9.70. The maximum Gasteiger partial charge on any atom is -0.0354 e. The van der Waals surface area contributed by atoms with Crippen molar-refractivity contribution < 1.29 is 0 Å². The summed E-state index contributed by atoms with van der Waals surface area (Å²) in [5.41, 5.74) is 0.967. The summed E-state index contributed by atoms with van der Waals surface area (Å²) >= 11 is 0. The van der Waals surface area contributed by atoms with Gasteiger partial charge in [0.15, 0.2) is 0 Å². The minimum Gasteiger partial charge on any atom is -0.0649 e. The summed E-state index contributed by atoms with van der Waals surface area (Å²) in [6, 6.07) is 0. The van der Waals surface area contributed by atoms with E-state index in [9.17, 15) is 0 Å². The van der Waals surface area contributed by atoms with Crippen LogP contribution < -0.4 is 0 Å². The summed E-state index contributed by atoms with van der Waals surface area (Å²) in [7, 11) is 0. The lowest BCUT2D eigenvalue weighted by molar-refractivity contribution is 0.319. The third-order valence-corrected chi connectivity index (χ3v) is 2.41. The van der Waals surface area contributed by atoms with Crippen molar-refractivity contribution in [1.82, 2.24) is 0 Å². The SMILES string of the molecule is CCC(C)(C)C[CH]CC(C)(C)C. The summed E-state index contributed by atoms with van der Waals surface area (Å²) in [6.07, 6.45) is 6.20. The molecule has 0 atom stereocenters. The molecule has 0 aromatic carbocycles. The maximum absolute atomic E-state index is 2.45. The van der Waals surface area contributed by atoms with Gasteiger partial charge in [-0.25, -0.2) is 0 Å². The molecule has 12 heavy (non-hydrogen) atoms. The third-order valence-electron chi connectivity index (χ3n) is 2.41. The molecule has 0 heterocycles. The standard InChI is InChI=1S/C12H25/c1-7-12(5,6)10-8-9-11(2,3)4/h8H,7,9-10H2,1-6H3. The Kier molecular flexibility index (Phi) is 4.30. The van der Waals surface area contributed by atoms with Gasteiger partial charge in [-0.3, -0.25) is 0 Å². The van der Waals surface area contributed by atoms with E-state index in [4.69, 9.17) is 0 Å². The molecule has 0 heteroatoms. The van der Waals surface area contributed by atoms with Crippen LogP contribution in [0.4, 0.5) is 0 Å². The molecule has 0 fully saturated rings. The van der Waals surface area contributed by atoms with E-state index in [1.807, 2.05) is 0 Å². The quantitative estimate of drug-likeness (QED) is 0.583. The first-order valence-corrected chi connectivity index (χ1v) is 5.08. The Labute approximate surface area is 78.8 Å². The van der Waals surface area contributed by atoms with Crippen LogP contribution in [0.15, 0.2) is 0 Å². The lowest BCUT2D eigenvalue weighted by Gasteiger charge is -2.25. The summed E-state index contributed by atoms with van der Waals surface area (Å²) in [4.78, 5) is 0. The van der Waals surface area contributed by atoms with E-state index >= 15 is 0 Å². The number of rotatable bonds is 4. The van der Waals surface area contributed by atoms with E-state index in [1.165, 1.54) is 19.3 Å². The Balaban J connectivity index is 3.57. The van der Waals surface area contributed by atoms with Crippen molar-refractivity contribution in [2.75, 3.05) is 0 Å². The molecule has 0 bridgehead atoms. The van der Waals surface area contributed by atoms with Gasteiger partial charge in [0.05, 0.1) is 0 Å². The third kappa shape index (κ3) is 6.69. The van der Waals surface area contributed by atoms with Crippen molar-refractivity contribution in [3.63, 3.8) is 0 Å². The molecule has 0 aliphatic rings. The van der Waals surface area contributed by atoms with E-state index in [2.05, 4.69) is 48.0 Å². The first-order valence-electron chi connectivity index (χ1n) is 5.08. The second kappa shape index (κ2) is 4.30. The van der Waals surface area contributed by atoms with Gasteiger partial charge < -0.3 is 0 Å². The summed E-state index contributed by atoms with van der Waals surface area (Å²) < 4.78 is 0. The van der Waals surface area contributed by atoms with Gasteiger partial charge in [-0.05, 0) is 30.1 Å². The Bertz CT molecular complexity index is 114. The van der Waals surface area contributed by atoms with Crippen molar-refractivity contribution in [1.29, 1.82) is 0 Å². The minimum absolute atomic E-state index is 0.462. The number of hydrogen-bond donors (Lipinski definition) is 0. The average Bonchev–Trinajstić information content (AvgIpc) is 1.84. The molecule has 0 saturated heterocycles. The lowest BCUT2D eigenvalue weighted by Crippen LogP contribution is -2.12. The van der Waals surface area contributed by atoms with Crippen LogP contribution >= 0.6 is 0 Å². The zero-order valence-corrected chi connectivity index (χ0v) is 9.70. The fraction of sp³-hybridized carbons (Fsp3) is 0.917. The molecule has 0 aliphatic carbocycles. The van der Waals surface area contributed by atoms with Crippen LogP contribution in [0.25, 0.3) is 0 Å². The summed E-state index contributed by atoms with van der Waals surface area (Å²) in [6.45, 7) is 13.8. The van der Waals surface area contributed by atoms with Gasteiger partial charge in [0.25, 0.3) is 0 Å². The molecule has 0 nitrogen and oxygen atoms in total. The van der Waals surface area contributed by atoms with Crippen molar-refractivity contribution in [2.45, 2.75) is 60.8 Å². The van der Waals surface area contributed by atoms with Crippen LogP contribution in [-0.4, -0.2) is 0 Å². The Morgan fingerprint density at radius 2 is 1.42 bits per heavy atom. The minimum atomic E-state index is 0.462. The molecule has 0 amide bonds. The van der Waals surface area contributed by atoms with Crippen molar-refractivity contribution >= 4 is 0 Å². The molecule has 0 aliphatic heterocycles. The van der Waals surface area contributed by atoms with Crippen LogP contribution in [0.1, 0.15) is 60.8 Å². The van der Waals surface area contributed by atoms with Crippen molar-refractivity contribution in [2.24, 2.45) is 10.8 Å². The maximum atomic E-state index is 2.45. The average molecular weight is 169 g/mol. The largest absolute Gasteiger partial charge is 0.0649 e.